The molecule has 0 heterocycles. The summed E-state index contributed by atoms with van der Waals surface area (Å²) in [4.78, 5) is 0. The van der Waals surface area contributed by atoms with Crippen molar-refractivity contribution in [2.24, 2.45) is 0 Å². The Bertz CT molecular complexity index is 9.61. The molecule has 0 fully saturated rings. The van der Waals surface area contributed by atoms with E-state index in [-0.39, 0.29) is 52.5 Å². The molecule has 4 heavy (non-hydrogen) atoms. The van der Waals surface area contributed by atoms with Crippen LogP contribution < -0.4 is 18.9 Å². The summed E-state index contributed by atoms with van der Waals surface area (Å²) in [6.07, 6.45) is 0. The molecular formula is CH7Cl2Li. The minimum absolute atomic E-state index is 0. The molecular weight excluding hydrogens is 89.9 g/mol. The summed E-state index contributed by atoms with van der Waals surface area (Å²) in [6.45, 7) is 0. The summed E-state index contributed by atoms with van der Waals surface area (Å²) in [6, 6.07) is 0. The van der Waals surface area contributed by atoms with Crippen LogP contribution in [0.5, 0.6) is 0 Å². The van der Waals surface area contributed by atoms with Gasteiger partial charge in [-0.2, -0.15) is 0 Å². The van der Waals surface area contributed by atoms with E-state index >= 15 is 0 Å². The third-order valence-electron chi connectivity index (χ3n) is 0. The molecule has 0 unspecified atom stereocenters. The largest absolute Gasteiger partial charge is 1.00 e. The van der Waals surface area contributed by atoms with Crippen molar-refractivity contribution in [3.63, 3.8) is 0 Å². The van der Waals surface area contributed by atoms with Gasteiger partial charge in [-0.25, -0.2) is 0 Å². The second-order valence-electron chi connectivity index (χ2n) is 0. The molecule has 0 N–H and O–H groups in total. The summed E-state index contributed by atoms with van der Waals surface area (Å²) in [7, 11) is 0. The fraction of sp³-hybridized carbons (Fsp3) is 1.00. The predicted molar refractivity (Wildman–Crippen MR) is 22.3 cm³/mol. The fourth-order valence-corrected chi connectivity index (χ4v) is 0. The van der Waals surface area contributed by atoms with Crippen LogP contribution in [0.15, 0.2) is 0 Å². The molecule has 0 aromatic heterocycles. The van der Waals surface area contributed by atoms with E-state index in [1.807, 2.05) is 0 Å². The standard InChI is InChI=1S/CH4.2ClH.Li.H/h1H4;2*1H;;/q;;;+1;-1. The zero-order chi connectivity index (χ0) is 0. The first-order valence-corrected chi connectivity index (χ1v) is 0. The van der Waals surface area contributed by atoms with E-state index in [4.69, 9.17) is 0 Å². The van der Waals surface area contributed by atoms with Gasteiger partial charge in [-0.15, -0.1) is 24.8 Å². The molecule has 0 saturated carbocycles. The van der Waals surface area contributed by atoms with E-state index in [1.165, 1.54) is 0 Å². The molecule has 0 bridgehead atoms. The van der Waals surface area contributed by atoms with Crippen molar-refractivity contribution >= 4 is 24.8 Å². The molecule has 0 spiro atoms. The first-order chi connectivity index (χ1) is 0. The van der Waals surface area contributed by atoms with Gasteiger partial charge in [0.2, 0.25) is 0 Å². The van der Waals surface area contributed by atoms with Gasteiger partial charge in [-0.1, -0.05) is 7.43 Å². The Morgan fingerprint density at radius 3 is 1.00 bits per heavy atom. The van der Waals surface area contributed by atoms with Crippen LogP contribution in [0.1, 0.15) is 8.85 Å². The van der Waals surface area contributed by atoms with E-state index < -0.39 is 0 Å². The average molecular weight is 96.9 g/mol. The van der Waals surface area contributed by atoms with E-state index in [2.05, 4.69) is 0 Å². The molecule has 0 aliphatic carbocycles. The number of rotatable bonds is 0. The minimum Gasteiger partial charge on any atom is -1.00 e. The third-order valence-corrected chi connectivity index (χ3v) is 0. The van der Waals surface area contributed by atoms with Crippen molar-refractivity contribution in [3.05, 3.63) is 0 Å². The first-order valence-electron chi connectivity index (χ1n) is 0. The summed E-state index contributed by atoms with van der Waals surface area (Å²) >= 11 is 0. The average Bonchev–Trinajstić information content (AvgIpc) is 0. The van der Waals surface area contributed by atoms with Crippen molar-refractivity contribution in [2.45, 2.75) is 7.43 Å². The second kappa shape index (κ2) is 30.4. The summed E-state index contributed by atoms with van der Waals surface area (Å²) in [5.74, 6) is 0. The molecule has 0 aromatic rings. The van der Waals surface area contributed by atoms with E-state index in [1.54, 1.807) is 0 Å². The number of hydrogen-bond acceptors (Lipinski definition) is 0. The van der Waals surface area contributed by atoms with Crippen LogP contribution in [0, 0.1) is 0 Å². The van der Waals surface area contributed by atoms with Crippen LogP contribution in [-0.4, -0.2) is 0 Å². The molecule has 0 aromatic carbocycles. The monoisotopic (exact) mass is 96.0 g/mol. The topological polar surface area (TPSA) is 0 Å². The zero-order valence-corrected chi connectivity index (χ0v) is 3.45. The van der Waals surface area contributed by atoms with E-state index in [0.717, 1.165) is 0 Å². The van der Waals surface area contributed by atoms with Gasteiger partial charge >= 0.3 is 18.9 Å². The van der Waals surface area contributed by atoms with Crippen LogP contribution in [0.25, 0.3) is 0 Å². The smallest absolute Gasteiger partial charge is 1.00 e. The Morgan fingerprint density at radius 2 is 1.00 bits per heavy atom. The second-order valence-corrected chi connectivity index (χ2v) is 0. The van der Waals surface area contributed by atoms with Gasteiger partial charge in [0.15, 0.2) is 0 Å². The van der Waals surface area contributed by atoms with Crippen LogP contribution >= 0.6 is 24.8 Å². The van der Waals surface area contributed by atoms with E-state index in [9.17, 15) is 0 Å². The van der Waals surface area contributed by atoms with Crippen LogP contribution in [0.4, 0.5) is 0 Å². The molecule has 0 amide bonds. The van der Waals surface area contributed by atoms with Crippen molar-refractivity contribution in [2.75, 3.05) is 0 Å². The molecule has 0 aliphatic rings. The van der Waals surface area contributed by atoms with Crippen molar-refractivity contribution < 1.29 is 20.3 Å². The van der Waals surface area contributed by atoms with Crippen LogP contribution in [0.2, 0.25) is 0 Å². The molecule has 0 saturated heterocycles. The van der Waals surface area contributed by atoms with Crippen LogP contribution in [-0.2, 0) is 0 Å². The third kappa shape index (κ3) is 10.9. The van der Waals surface area contributed by atoms with Crippen molar-refractivity contribution in [3.8, 4) is 0 Å². The molecule has 3 heteroatoms. The Kier molecular flexibility index (Phi) is 496. The Labute approximate surface area is 52.8 Å². The Morgan fingerprint density at radius 1 is 1.00 bits per heavy atom. The molecule has 0 atom stereocenters. The quantitative estimate of drug-likeness (QED) is 0.326. The van der Waals surface area contributed by atoms with Crippen molar-refractivity contribution in [1.29, 1.82) is 0 Å². The van der Waals surface area contributed by atoms with Crippen LogP contribution in [0.3, 0.4) is 0 Å². The Balaban J connectivity index is 0. The summed E-state index contributed by atoms with van der Waals surface area (Å²) in [5, 5.41) is 0. The van der Waals surface area contributed by atoms with Gasteiger partial charge < -0.3 is 1.43 Å². The molecule has 26 valence electrons. The minimum atomic E-state index is 0. The van der Waals surface area contributed by atoms with Gasteiger partial charge in [0, 0.05) is 0 Å². The number of hydrogen-bond donors (Lipinski definition) is 0. The first kappa shape index (κ1) is 65.2. The fourth-order valence-electron chi connectivity index (χ4n) is 0. The van der Waals surface area contributed by atoms with Gasteiger partial charge in [-0.3, -0.25) is 0 Å². The maximum absolute atomic E-state index is 0. The van der Waals surface area contributed by atoms with E-state index in [0.29, 0.717) is 0 Å². The Hall–Kier alpha value is 1.18. The maximum Gasteiger partial charge on any atom is 1.00 e. The van der Waals surface area contributed by atoms with Gasteiger partial charge in [0.1, 0.15) is 0 Å². The maximum atomic E-state index is 0. The zero-order valence-electron chi connectivity index (χ0n) is 2.82. The summed E-state index contributed by atoms with van der Waals surface area (Å²) < 4.78 is 0. The molecule has 0 nitrogen and oxygen atoms in total. The van der Waals surface area contributed by atoms with Gasteiger partial charge in [0.25, 0.3) is 0 Å². The van der Waals surface area contributed by atoms with Gasteiger partial charge in [-0.05, 0) is 0 Å². The van der Waals surface area contributed by atoms with Crippen molar-refractivity contribution in [1.82, 2.24) is 0 Å². The summed E-state index contributed by atoms with van der Waals surface area (Å²) in [5.41, 5.74) is 0. The SMILES string of the molecule is C.Cl.Cl.[H-].[Li+]. The predicted octanol–water partition coefficient (Wildman–Crippen LogP) is -1.40. The molecule has 0 rings (SSSR count). The molecule has 0 aliphatic heterocycles. The van der Waals surface area contributed by atoms with Gasteiger partial charge in [0.05, 0.1) is 0 Å². The molecule has 0 radical (unpaired) electrons. The number of halogens is 2. The normalized spacial score (nSPS) is 0.